The molecule has 9 rings (SSSR count). The smallest absolute Gasteiger partial charge is 0.255 e. The number of fused-ring (bicyclic) bond motifs is 6. The number of H-pyrrole nitrogens is 1. The summed E-state index contributed by atoms with van der Waals surface area (Å²) in [6.45, 7) is 12.7. The molecule has 2 aromatic carbocycles. The van der Waals surface area contributed by atoms with Gasteiger partial charge in [0.05, 0.1) is 11.6 Å². The summed E-state index contributed by atoms with van der Waals surface area (Å²) < 4.78 is 0. The number of likely N-dealkylation sites (N-methyl/N-ethyl adjacent to an activating group) is 1. The lowest BCUT2D eigenvalue weighted by atomic mass is 9.47. The van der Waals surface area contributed by atoms with Gasteiger partial charge in [0, 0.05) is 82.7 Å². The summed E-state index contributed by atoms with van der Waals surface area (Å²) in [6, 6.07) is 12.2. The normalized spacial score (nSPS) is 40.0. The van der Waals surface area contributed by atoms with Crippen molar-refractivity contribution < 1.29 is 20.1 Å². The molecule has 0 radical (unpaired) electrons. The van der Waals surface area contributed by atoms with E-state index in [2.05, 4.69) is 88.1 Å². The molecular formula is C42H53N7O4. The van der Waals surface area contributed by atoms with E-state index in [1.165, 1.54) is 22.2 Å². The van der Waals surface area contributed by atoms with E-state index in [1.54, 1.807) is 0 Å². The number of nitrogens with zero attached hydrogens (tertiary/aromatic N) is 6. The minimum absolute atomic E-state index is 0.188. The van der Waals surface area contributed by atoms with Gasteiger partial charge in [-0.2, -0.15) is 0 Å². The van der Waals surface area contributed by atoms with Crippen molar-refractivity contribution >= 4 is 22.5 Å². The van der Waals surface area contributed by atoms with Crippen molar-refractivity contribution in [1.82, 2.24) is 14.8 Å². The monoisotopic (exact) mass is 719 g/mol. The number of carbonyl (C=O) groups excluding carboxylic acids is 1. The lowest BCUT2D eigenvalue weighted by Gasteiger charge is -2.63. The number of aromatic nitrogens is 1. The first kappa shape index (κ1) is 35.0. The van der Waals surface area contributed by atoms with E-state index in [0.29, 0.717) is 25.8 Å². The van der Waals surface area contributed by atoms with Gasteiger partial charge in [0.25, 0.3) is 5.91 Å². The Hall–Kier alpha value is -3.70. The van der Waals surface area contributed by atoms with Crippen LogP contribution < -0.4 is 4.90 Å². The van der Waals surface area contributed by atoms with Crippen LogP contribution in [0.5, 0.6) is 0 Å². The maximum atomic E-state index is 14.0. The second-order valence-electron chi connectivity index (χ2n) is 17.7. The van der Waals surface area contributed by atoms with Crippen molar-refractivity contribution in [1.29, 1.82) is 0 Å². The summed E-state index contributed by atoms with van der Waals surface area (Å²) >= 11 is 0. The molecule has 3 aromatic rings. The Morgan fingerprint density at radius 3 is 2.64 bits per heavy atom. The number of aliphatic hydroxyl groups is 3. The molecule has 1 saturated carbocycles. The van der Waals surface area contributed by atoms with Gasteiger partial charge in [0.2, 0.25) is 0 Å². The number of aromatic amines is 1. The topological polar surface area (TPSA) is 152 Å². The van der Waals surface area contributed by atoms with E-state index < -0.39 is 45.5 Å². The van der Waals surface area contributed by atoms with Gasteiger partial charge in [0.1, 0.15) is 6.10 Å². The van der Waals surface area contributed by atoms with Crippen molar-refractivity contribution in [2.24, 2.45) is 16.4 Å². The van der Waals surface area contributed by atoms with Crippen molar-refractivity contribution in [3.05, 3.63) is 86.9 Å². The zero-order valence-electron chi connectivity index (χ0n) is 31.6. The summed E-state index contributed by atoms with van der Waals surface area (Å²) in [6.07, 6.45) is 6.96. The van der Waals surface area contributed by atoms with Gasteiger partial charge in [-0.05, 0) is 110 Å². The van der Waals surface area contributed by atoms with E-state index in [4.69, 9.17) is 0 Å². The zero-order chi connectivity index (χ0) is 37.3. The average molecular weight is 720 g/mol. The van der Waals surface area contributed by atoms with Crippen LogP contribution in [0.25, 0.3) is 21.3 Å². The molecule has 2 bridgehead atoms. The van der Waals surface area contributed by atoms with Crippen LogP contribution in [0, 0.1) is 18.3 Å². The van der Waals surface area contributed by atoms with Crippen LogP contribution in [0.1, 0.15) is 80.8 Å². The number of para-hydroxylation sites is 1. The molecule has 11 heteroatoms. The van der Waals surface area contributed by atoms with Gasteiger partial charge in [-0.1, -0.05) is 50.3 Å². The number of aryl methyl sites for hydroxylation is 1. The summed E-state index contributed by atoms with van der Waals surface area (Å²) in [7, 11) is 1.92. The van der Waals surface area contributed by atoms with Crippen LogP contribution in [-0.2, 0) is 22.0 Å². The maximum absolute atomic E-state index is 14.0. The predicted octanol–water partition coefficient (Wildman–Crippen LogP) is 5.23. The fourth-order valence-electron chi connectivity index (χ4n) is 13.1. The van der Waals surface area contributed by atoms with Crippen LogP contribution in [0.4, 0.5) is 5.69 Å². The molecule has 5 aliphatic heterocycles. The molecule has 3 fully saturated rings. The van der Waals surface area contributed by atoms with Crippen LogP contribution in [0.2, 0.25) is 0 Å². The highest BCUT2D eigenvalue weighted by atomic mass is 16.4. The van der Waals surface area contributed by atoms with Crippen molar-refractivity contribution in [2.45, 2.75) is 106 Å². The first-order valence-corrected chi connectivity index (χ1v) is 19.7. The molecule has 2 saturated heterocycles. The number of piperidine rings is 1. The van der Waals surface area contributed by atoms with Crippen molar-refractivity contribution in [3.8, 4) is 0 Å². The molecule has 11 nitrogen and oxygen atoms in total. The Balaban J connectivity index is 1.30. The molecule has 6 heterocycles. The number of amides is 1. The number of rotatable bonds is 4. The van der Waals surface area contributed by atoms with E-state index in [0.717, 1.165) is 67.8 Å². The molecule has 1 amide bonds. The molecule has 10 atom stereocenters. The van der Waals surface area contributed by atoms with Gasteiger partial charge >= 0.3 is 0 Å². The number of benzene rings is 2. The van der Waals surface area contributed by atoms with Gasteiger partial charge in [-0.15, -0.1) is 0 Å². The number of nitrogens with one attached hydrogen (secondary N) is 1. The van der Waals surface area contributed by atoms with Gasteiger partial charge in [0.15, 0.2) is 5.60 Å². The summed E-state index contributed by atoms with van der Waals surface area (Å²) in [5.41, 5.74) is 12.2. The first-order valence-electron chi connectivity index (χ1n) is 19.7. The van der Waals surface area contributed by atoms with Gasteiger partial charge in [-0.25, -0.2) is 0 Å². The first-order chi connectivity index (χ1) is 25.3. The quantitative estimate of drug-likeness (QED) is 0.125. The molecule has 53 heavy (non-hydrogen) atoms. The van der Waals surface area contributed by atoms with E-state index in [1.807, 2.05) is 24.9 Å². The zero-order valence-corrected chi connectivity index (χ0v) is 31.6. The fourth-order valence-corrected chi connectivity index (χ4v) is 13.1. The van der Waals surface area contributed by atoms with Crippen LogP contribution in [0.15, 0.2) is 53.7 Å². The number of aliphatic hydroxyl groups excluding tert-OH is 1. The molecule has 6 aliphatic rings. The predicted molar refractivity (Wildman–Crippen MR) is 205 cm³/mol. The standard InChI is InChI=1S/C42H53N7O4/c1-6-39(52)22-26-21-38(4,33-28(13-17-48(23-26)24-39)27-11-8-9-12-31(27)44-33)29-20-30-32(19-25(29)3)47(5)35-41(30)15-18-49-16-10-14-40(7-2,34(41)49)36(50)42(35,53)37(51)45-46-43/h8-12,14,19-20,26,34-36,44,50,52-53H,6-7,13,15-18,21-24H2,1-5H3/t26?,34?,35?,36-,38-,39?,40-,41-,42+/m1/s1. The Kier molecular flexibility index (Phi) is 7.70. The minimum Gasteiger partial charge on any atom is -0.389 e. The number of hydrogen-bond donors (Lipinski definition) is 4. The number of anilines is 1. The molecule has 4 N–H and O–H groups in total. The third-order valence-corrected chi connectivity index (χ3v) is 15.2. The third-order valence-electron chi connectivity index (χ3n) is 15.2. The van der Waals surface area contributed by atoms with Gasteiger partial charge in [-0.3, -0.25) is 14.6 Å². The van der Waals surface area contributed by atoms with E-state index in [9.17, 15) is 25.6 Å². The van der Waals surface area contributed by atoms with E-state index in [-0.39, 0.29) is 12.0 Å². The Bertz CT molecular complexity index is 2110. The number of carbonyl (C=O) groups is 1. The second kappa shape index (κ2) is 11.7. The lowest BCUT2D eigenvalue weighted by Crippen LogP contribution is -2.80. The summed E-state index contributed by atoms with van der Waals surface area (Å²) in [5, 5.41) is 41.7. The summed E-state index contributed by atoms with van der Waals surface area (Å²) in [4.78, 5) is 27.7. The molecule has 280 valence electrons. The van der Waals surface area contributed by atoms with Crippen molar-refractivity contribution in [3.63, 3.8) is 0 Å². The minimum atomic E-state index is -2.35. The van der Waals surface area contributed by atoms with E-state index >= 15 is 0 Å². The Morgan fingerprint density at radius 1 is 1.09 bits per heavy atom. The highest BCUT2D eigenvalue weighted by Crippen LogP contribution is 2.67. The van der Waals surface area contributed by atoms with Crippen molar-refractivity contribution in [2.75, 3.05) is 44.7 Å². The Labute approximate surface area is 311 Å². The fraction of sp³-hybridized carbons (Fsp3) is 0.595. The number of hydrogen-bond acceptors (Lipinski definition) is 7. The number of azide groups is 1. The van der Waals surface area contributed by atoms with Crippen LogP contribution in [0.3, 0.4) is 0 Å². The third kappa shape index (κ3) is 4.41. The second-order valence-corrected chi connectivity index (χ2v) is 17.7. The maximum Gasteiger partial charge on any atom is 0.255 e. The highest BCUT2D eigenvalue weighted by Gasteiger charge is 2.78. The average Bonchev–Trinajstić information content (AvgIpc) is 3.80. The SMILES string of the molecule is CCC1(O)CC2CN(CCc3c([nH]c4ccccc34)[C@@](C)(c3cc4c(cc3C)N(C)C3[C@]45CCN4CC=C[C@](CC)(C45)[C@@H](O)[C@]3(O)C(=O)N=[N+]=[N-])C2)C1. The lowest BCUT2D eigenvalue weighted by molar-refractivity contribution is -0.201. The molecule has 1 spiro atoms. The Morgan fingerprint density at radius 2 is 1.89 bits per heavy atom. The summed E-state index contributed by atoms with van der Waals surface area (Å²) in [5.74, 6) is -0.778. The highest BCUT2D eigenvalue weighted by molar-refractivity contribution is 5.91. The molecule has 1 aromatic heterocycles. The molecular weight excluding hydrogens is 667 g/mol. The van der Waals surface area contributed by atoms with Crippen LogP contribution in [-0.4, -0.2) is 105 Å². The van der Waals surface area contributed by atoms with Gasteiger partial charge < -0.3 is 25.2 Å². The molecule has 5 unspecified atom stereocenters. The largest absolute Gasteiger partial charge is 0.389 e. The molecule has 1 aliphatic carbocycles. The van der Waals surface area contributed by atoms with Crippen LogP contribution >= 0.6 is 0 Å².